The minimum atomic E-state index is -0.868. The van der Waals surface area contributed by atoms with Crippen molar-refractivity contribution in [3.8, 4) is 0 Å². The van der Waals surface area contributed by atoms with E-state index in [2.05, 4.69) is 0 Å². The Balaban J connectivity index is 2.18. The van der Waals surface area contributed by atoms with Gasteiger partial charge < -0.3 is 10.0 Å². The van der Waals surface area contributed by atoms with Crippen molar-refractivity contribution in [2.24, 2.45) is 11.8 Å². The number of benzene rings is 1. The molecule has 21 heavy (non-hydrogen) atoms. The lowest BCUT2D eigenvalue weighted by atomic mass is 9.88. The average molecular weight is 289 g/mol. The van der Waals surface area contributed by atoms with Gasteiger partial charge in [-0.3, -0.25) is 9.59 Å². The first-order valence-electron chi connectivity index (χ1n) is 7.69. The lowest BCUT2D eigenvalue weighted by Crippen LogP contribution is -2.41. The smallest absolute Gasteiger partial charge is 0.308 e. The van der Waals surface area contributed by atoms with E-state index >= 15 is 0 Å². The van der Waals surface area contributed by atoms with Crippen LogP contribution in [0.5, 0.6) is 0 Å². The fourth-order valence-corrected chi connectivity index (χ4v) is 2.85. The van der Waals surface area contributed by atoms with Gasteiger partial charge in [0.2, 0.25) is 5.91 Å². The predicted octanol–water partition coefficient (Wildman–Crippen LogP) is 3.32. The number of rotatable bonds is 5. The molecule has 0 saturated heterocycles. The summed E-state index contributed by atoms with van der Waals surface area (Å²) in [4.78, 5) is 25.6. The average Bonchev–Trinajstić information content (AvgIpc) is 2.53. The molecule has 2 rings (SSSR count). The number of aliphatic carboxylic acids is 1. The van der Waals surface area contributed by atoms with Crippen molar-refractivity contribution in [1.29, 1.82) is 0 Å². The zero-order valence-electron chi connectivity index (χ0n) is 12.5. The summed E-state index contributed by atoms with van der Waals surface area (Å²) in [7, 11) is 0. The molecule has 114 valence electrons. The van der Waals surface area contributed by atoms with Crippen molar-refractivity contribution in [1.82, 2.24) is 0 Å². The fourth-order valence-electron chi connectivity index (χ4n) is 2.85. The first-order valence-corrected chi connectivity index (χ1v) is 7.69. The van der Waals surface area contributed by atoms with Crippen LogP contribution in [0.15, 0.2) is 30.3 Å². The first-order chi connectivity index (χ1) is 10.1. The Morgan fingerprint density at radius 3 is 2.38 bits per heavy atom. The van der Waals surface area contributed by atoms with Crippen LogP contribution in [0, 0.1) is 11.8 Å². The monoisotopic (exact) mass is 289 g/mol. The molecule has 1 aromatic rings. The van der Waals surface area contributed by atoms with E-state index in [-0.39, 0.29) is 18.4 Å². The Bertz CT molecular complexity index is 480. The number of hydrogen-bond donors (Lipinski definition) is 1. The van der Waals surface area contributed by atoms with Gasteiger partial charge in [0.15, 0.2) is 0 Å². The number of carboxylic acids is 1. The van der Waals surface area contributed by atoms with E-state index in [0.717, 1.165) is 31.4 Å². The molecule has 0 bridgehead atoms. The molecule has 1 unspecified atom stereocenters. The zero-order valence-corrected chi connectivity index (χ0v) is 12.5. The maximum absolute atomic E-state index is 12.8. The number of anilines is 1. The van der Waals surface area contributed by atoms with Gasteiger partial charge in [-0.25, -0.2) is 0 Å². The molecule has 0 aromatic heterocycles. The summed E-state index contributed by atoms with van der Waals surface area (Å²) in [6, 6.07) is 9.39. The predicted molar refractivity (Wildman–Crippen MR) is 82.2 cm³/mol. The second-order valence-electron chi connectivity index (χ2n) is 5.86. The van der Waals surface area contributed by atoms with Gasteiger partial charge in [-0.2, -0.15) is 0 Å². The van der Waals surface area contributed by atoms with Crippen LogP contribution in [0.2, 0.25) is 0 Å². The minimum Gasteiger partial charge on any atom is -0.481 e. The van der Waals surface area contributed by atoms with Crippen LogP contribution < -0.4 is 4.90 Å². The quantitative estimate of drug-likeness (QED) is 0.904. The Morgan fingerprint density at radius 1 is 1.19 bits per heavy atom. The summed E-state index contributed by atoms with van der Waals surface area (Å²) in [6.45, 7) is 1.88. The third-order valence-electron chi connectivity index (χ3n) is 4.17. The molecule has 0 aliphatic heterocycles. The Labute approximate surface area is 125 Å². The van der Waals surface area contributed by atoms with Gasteiger partial charge in [0, 0.05) is 18.2 Å². The molecule has 0 radical (unpaired) electrons. The summed E-state index contributed by atoms with van der Waals surface area (Å²) in [6.07, 6.45) is 5.22. The normalized spacial score (nSPS) is 17.2. The Kier molecular flexibility index (Phi) is 5.37. The molecule has 1 atom stereocenters. The van der Waals surface area contributed by atoms with Crippen LogP contribution >= 0.6 is 0 Å². The number of nitrogens with zero attached hydrogens (tertiary/aromatic N) is 1. The van der Waals surface area contributed by atoms with Crippen molar-refractivity contribution in [2.45, 2.75) is 39.0 Å². The number of hydrogen-bond acceptors (Lipinski definition) is 2. The maximum atomic E-state index is 12.8. The minimum absolute atomic E-state index is 0.0416. The number of carbonyl (C=O) groups is 2. The van der Waals surface area contributed by atoms with Crippen molar-refractivity contribution in [3.05, 3.63) is 30.3 Å². The number of amides is 1. The van der Waals surface area contributed by atoms with E-state index < -0.39 is 11.9 Å². The zero-order chi connectivity index (χ0) is 15.2. The van der Waals surface area contributed by atoms with Crippen LogP contribution in [-0.2, 0) is 9.59 Å². The second kappa shape index (κ2) is 7.25. The molecule has 0 spiro atoms. The van der Waals surface area contributed by atoms with Crippen LogP contribution in [0.1, 0.15) is 39.0 Å². The molecule has 1 aliphatic rings. The number of carbonyl (C=O) groups excluding carboxylic acids is 1. The molecule has 0 heterocycles. The van der Waals surface area contributed by atoms with E-state index in [1.165, 1.54) is 6.42 Å². The van der Waals surface area contributed by atoms with Gasteiger partial charge in [0.1, 0.15) is 0 Å². The van der Waals surface area contributed by atoms with Gasteiger partial charge >= 0.3 is 5.97 Å². The summed E-state index contributed by atoms with van der Waals surface area (Å²) in [5.74, 6) is -1.32. The summed E-state index contributed by atoms with van der Waals surface area (Å²) >= 11 is 0. The molecule has 1 N–H and O–H groups in total. The third-order valence-corrected chi connectivity index (χ3v) is 4.17. The summed E-state index contributed by atoms with van der Waals surface area (Å²) in [5.41, 5.74) is 0.793. The largest absolute Gasteiger partial charge is 0.481 e. The van der Waals surface area contributed by atoms with Crippen LogP contribution in [0.25, 0.3) is 0 Å². The molecule has 1 amide bonds. The van der Waals surface area contributed by atoms with E-state index in [1.807, 2.05) is 30.3 Å². The lowest BCUT2D eigenvalue weighted by molar-refractivity contribution is -0.140. The van der Waals surface area contributed by atoms with Crippen LogP contribution in [0.3, 0.4) is 0 Å². The molecule has 4 heteroatoms. The van der Waals surface area contributed by atoms with Gasteiger partial charge in [-0.1, -0.05) is 44.4 Å². The molecule has 1 aliphatic carbocycles. The highest BCUT2D eigenvalue weighted by Crippen LogP contribution is 2.28. The van der Waals surface area contributed by atoms with Gasteiger partial charge in [0.05, 0.1) is 5.92 Å². The van der Waals surface area contributed by atoms with Crippen LogP contribution in [-0.4, -0.2) is 23.5 Å². The topological polar surface area (TPSA) is 57.6 Å². The third kappa shape index (κ3) is 4.06. The highest BCUT2D eigenvalue weighted by molar-refractivity contribution is 5.95. The lowest BCUT2D eigenvalue weighted by Gasteiger charge is -2.30. The van der Waals surface area contributed by atoms with Gasteiger partial charge in [-0.15, -0.1) is 0 Å². The SMILES string of the molecule is CC(CN(C(=O)C1CCCCC1)c1ccccc1)C(=O)O. The summed E-state index contributed by atoms with van der Waals surface area (Å²) < 4.78 is 0. The van der Waals surface area contributed by atoms with E-state index in [0.29, 0.717) is 0 Å². The summed E-state index contributed by atoms with van der Waals surface area (Å²) in [5, 5.41) is 9.13. The number of carboxylic acid groups (broad SMARTS) is 1. The maximum Gasteiger partial charge on any atom is 0.308 e. The van der Waals surface area contributed by atoms with Crippen LogP contribution in [0.4, 0.5) is 5.69 Å². The molecule has 1 fully saturated rings. The Morgan fingerprint density at radius 2 is 1.81 bits per heavy atom. The molecule has 1 aromatic carbocycles. The Hall–Kier alpha value is -1.84. The standard InChI is InChI=1S/C17H23NO3/c1-13(17(20)21)12-18(15-10-6-3-7-11-15)16(19)14-8-4-2-5-9-14/h3,6-7,10-11,13-14H,2,4-5,8-9,12H2,1H3,(H,20,21). The highest BCUT2D eigenvalue weighted by atomic mass is 16.4. The van der Waals surface area contributed by atoms with E-state index in [4.69, 9.17) is 5.11 Å². The van der Waals surface area contributed by atoms with Crippen molar-refractivity contribution in [3.63, 3.8) is 0 Å². The van der Waals surface area contributed by atoms with Crippen molar-refractivity contribution >= 4 is 17.6 Å². The first kappa shape index (κ1) is 15.5. The fraction of sp³-hybridized carbons (Fsp3) is 0.529. The molecule has 1 saturated carbocycles. The van der Waals surface area contributed by atoms with E-state index in [1.54, 1.807) is 11.8 Å². The number of para-hydroxylation sites is 1. The van der Waals surface area contributed by atoms with Gasteiger partial charge in [-0.05, 0) is 25.0 Å². The second-order valence-corrected chi connectivity index (χ2v) is 5.86. The molecular formula is C17H23NO3. The molecule has 4 nitrogen and oxygen atoms in total. The van der Waals surface area contributed by atoms with Crippen molar-refractivity contribution < 1.29 is 14.7 Å². The highest BCUT2D eigenvalue weighted by Gasteiger charge is 2.29. The molecular weight excluding hydrogens is 266 g/mol. The van der Waals surface area contributed by atoms with Gasteiger partial charge in [0.25, 0.3) is 0 Å². The van der Waals surface area contributed by atoms with E-state index in [9.17, 15) is 9.59 Å². The van der Waals surface area contributed by atoms with Crippen molar-refractivity contribution in [2.75, 3.05) is 11.4 Å².